The highest BCUT2D eigenvalue weighted by Gasteiger charge is 2.48. The highest BCUT2D eigenvalue weighted by molar-refractivity contribution is 7.89. The lowest BCUT2D eigenvalue weighted by atomic mass is 9.83. The normalized spacial score (nSPS) is 26.6. The zero-order valence-corrected chi connectivity index (χ0v) is 20.8. The fraction of sp³-hybridized carbons (Fsp3) is 0.462. The number of hydrogen-bond acceptors (Lipinski definition) is 3. The molecule has 5 atom stereocenters. The van der Waals surface area contributed by atoms with Crippen molar-refractivity contribution in [1.82, 2.24) is 4.72 Å². The molecule has 2 aromatic rings. The molecular formula is C26H34NO4PS. The second-order valence-electron chi connectivity index (χ2n) is 9.66. The summed E-state index contributed by atoms with van der Waals surface area (Å²) in [6.07, 6.45) is 10.3. The number of fused-ring (bicyclic) bond motifs is 2. The molecule has 0 aliphatic heterocycles. The summed E-state index contributed by atoms with van der Waals surface area (Å²) in [4.78, 5) is 9.71. The molecule has 4 rings (SSSR count). The van der Waals surface area contributed by atoms with Crippen molar-refractivity contribution in [2.45, 2.75) is 49.5 Å². The maximum absolute atomic E-state index is 13.2. The van der Waals surface area contributed by atoms with Crippen LogP contribution < -0.4 is 4.72 Å². The van der Waals surface area contributed by atoms with Crippen LogP contribution in [0.1, 0.15) is 38.5 Å². The summed E-state index contributed by atoms with van der Waals surface area (Å²) in [5, 5.41) is 0. The van der Waals surface area contributed by atoms with Gasteiger partial charge in [-0.1, -0.05) is 54.6 Å². The molecule has 2 aliphatic rings. The number of rotatable bonds is 10. The molecule has 3 unspecified atom stereocenters. The first-order valence-electron chi connectivity index (χ1n) is 11.8. The third-order valence-corrected chi connectivity index (χ3v) is 9.79. The second-order valence-corrected chi connectivity index (χ2v) is 13.9. The van der Waals surface area contributed by atoms with Gasteiger partial charge in [-0.25, -0.2) is 13.1 Å². The van der Waals surface area contributed by atoms with Crippen LogP contribution in [0, 0.1) is 17.8 Å². The Hall–Kier alpha value is -1.72. The van der Waals surface area contributed by atoms with Gasteiger partial charge in [0.1, 0.15) is 0 Å². The van der Waals surface area contributed by atoms with E-state index in [2.05, 4.69) is 16.9 Å². The molecule has 5 nitrogen and oxygen atoms in total. The minimum Gasteiger partial charge on any atom is -0.344 e. The van der Waals surface area contributed by atoms with Crippen LogP contribution in [0.25, 0.3) is 11.1 Å². The molecule has 178 valence electrons. The highest BCUT2D eigenvalue weighted by atomic mass is 32.2. The summed E-state index contributed by atoms with van der Waals surface area (Å²) >= 11 is 0. The van der Waals surface area contributed by atoms with Gasteiger partial charge in [0.15, 0.2) is 7.37 Å². The van der Waals surface area contributed by atoms with Crippen molar-refractivity contribution in [2.24, 2.45) is 17.8 Å². The van der Waals surface area contributed by atoms with Crippen LogP contribution in [0.2, 0.25) is 0 Å². The van der Waals surface area contributed by atoms with E-state index in [-0.39, 0.29) is 6.04 Å². The van der Waals surface area contributed by atoms with Crippen LogP contribution in [0.15, 0.2) is 71.6 Å². The molecule has 0 radical (unpaired) electrons. The standard InChI is InChI=1S/C26H34NO4PS/c1-32(28,29)18-8-3-2-7-11-25-22-12-13-23(19-22)26(25)27-33(30,31)24-16-14-21(15-17-24)20-9-5-4-6-10-20/h2,4-7,9-10,14-17,22-23,25-27H,3,8,11-13,18-19H2,1H3,(H,28,29)/b7-2-/t22-,23+,25?,26?/m0/s1. The summed E-state index contributed by atoms with van der Waals surface area (Å²) in [5.74, 6) is 1.29. The Morgan fingerprint density at radius 1 is 1.00 bits per heavy atom. The van der Waals surface area contributed by atoms with Crippen molar-refractivity contribution >= 4 is 17.4 Å². The fourth-order valence-corrected chi connectivity index (χ4v) is 7.64. The average Bonchev–Trinajstić information content (AvgIpc) is 3.38. The van der Waals surface area contributed by atoms with Crippen LogP contribution in [-0.4, -0.2) is 32.2 Å². The Kier molecular flexibility index (Phi) is 7.59. The van der Waals surface area contributed by atoms with Crippen molar-refractivity contribution in [3.8, 4) is 11.1 Å². The van der Waals surface area contributed by atoms with E-state index in [0.717, 1.165) is 36.8 Å². The molecule has 0 saturated heterocycles. The smallest absolute Gasteiger partial charge is 0.240 e. The van der Waals surface area contributed by atoms with Crippen LogP contribution >= 0.6 is 7.37 Å². The lowest BCUT2D eigenvalue weighted by molar-refractivity contribution is 0.274. The third-order valence-electron chi connectivity index (χ3n) is 7.17. The molecule has 0 spiro atoms. The molecular weight excluding hydrogens is 453 g/mol. The van der Waals surface area contributed by atoms with Gasteiger partial charge in [0.25, 0.3) is 0 Å². The molecule has 2 aromatic carbocycles. The lowest BCUT2D eigenvalue weighted by Gasteiger charge is -2.31. The molecule has 0 amide bonds. The van der Waals surface area contributed by atoms with E-state index in [1.807, 2.05) is 42.5 Å². The third kappa shape index (κ3) is 6.24. The summed E-state index contributed by atoms with van der Waals surface area (Å²) in [6.45, 7) is 1.40. The fourth-order valence-electron chi connectivity index (χ4n) is 5.51. The van der Waals surface area contributed by atoms with Gasteiger partial charge in [0, 0.05) is 18.9 Å². The number of allylic oxidation sites excluding steroid dienone is 2. The van der Waals surface area contributed by atoms with Crippen LogP contribution in [0.5, 0.6) is 0 Å². The van der Waals surface area contributed by atoms with E-state index in [1.54, 1.807) is 12.1 Å². The topological polar surface area (TPSA) is 83.5 Å². The number of unbranched alkanes of at least 4 members (excludes halogenated alkanes) is 1. The van der Waals surface area contributed by atoms with Gasteiger partial charge < -0.3 is 4.89 Å². The van der Waals surface area contributed by atoms with Gasteiger partial charge in [-0.3, -0.25) is 4.57 Å². The lowest BCUT2D eigenvalue weighted by Crippen LogP contribution is -2.43. The first kappa shape index (κ1) is 24.4. The molecule has 0 aromatic heterocycles. The summed E-state index contributed by atoms with van der Waals surface area (Å²) in [6, 6.07) is 17.0. The Morgan fingerprint density at radius 2 is 1.67 bits per heavy atom. The molecule has 2 aliphatic carbocycles. The van der Waals surface area contributed by atoms with E-state index in [4.69, 9.17) is 0 Å². The van der Waals surface area contributed by atoms with Gasteiger partial charge >= 0.3 is 0 Å². The Balaban J connectivity index is 1.39. The van der Waals surface area contributed by atoms with E-state index >= 15 is 0 Å². The SMILES string of the molecule is CP(=O)(O)CCC/C=C\CC1C(NS(=O)(=O)c2ccc(-c3ccccc3)cc2)[C@@H]2CC[C@H]1C2. The van der Waals surface area contributed by atoms with Gasteiger partial charge in [0.2, 0.25) is 10.0 Å². The Labute approximate surface area is 197 Å². The molecule has 33 heavy (non-hydrogen) atoms. The van der Waals surface area contributed by atoms with Crippen molar-refractivity contribution in [2.75, 3.05) is 12.8 Å². The minimum atomic E-state index is -3.59. The Morgan fingerprint density at radius 3 is 2.36 bits per heavy atom. The number of hydrogen-bond donors (Lipinski definition) is 2. The number of nitrogens with one attached hydrogen (secondary N) is 1. The summed E-state index contributed by atoms with van der Waals surface area (Å²) < 4.78 is 40.8. The van der Waals surface area contributed by atoms with E-state index in [9.17, 15) is 17.9 Å². The molecule has 2 bridgehead atoms. The maximum atomic E-state index is 13.2. The molecule has 2 fully saturated rings. The zero-order chi connectivity index (χ0) is 23.5. The minimum absolute atomic E-state index is 0.0273. The Bertz CT molecular complexity index is 1110. The van der Waals surface area contributed by atoms with Gasteiger partial charge in [-0.2, -0.15) is 0 Å². The second kappa shape index (κ2) is 10.3. The van der Waals surface area contributed by atoms with Gasteiger partial charge in [0.05, 0.1) is 4.90 Å². The largest absolute Gasteiger partial charge is 0.344 e. The van der Waals surface area contributed by atoms with Crippen LogP contribution in [-0.2, 0) is 14.6 Å². The molecule has 0 heterocycles. The highest BCUT2D eigenvalue weighted by Crippen LogP contribution is 2.50. The molecule has 7 heteroatoms. The quantitative estimate of drug-likeness (QED) is 0.257. The van der Waals surface area contributed by atoms with Crippen molar-refractivity contribution < 1.29 is 17.9 Å². The first-order chi connectivity index (χ1) is 15.7. The van der Waals surface area contributed by atoms with Gasteiger partial charge in [-0.05, 0) is 79.5 Å². The van der Waals surface area contributed by atoms with Crippen molar-refractivity contribution in [3.63, 3.8) is 0 Å². The van der Waals surface area contributed by atoms with Crippen molar-refractivity contribution in [1.29, 1.82) is 0 Å². The predicted octanol–water partition coefficient (Wildman–Crippen LogP) is 5.67. The first-order valence-corrected chi connectivity index (χ1v) is 15.6. The van der Waals surface area contributed by atoms with E-state index < -0.39 is 17.4 Å². The van der Waals surface area contributed by atoms with Gasteiger partial charge in [-0.15, -0.1) is 0 Å². The average molecular weight is 488 g/mol. The predicted molar refractivity (Wildman–Crippen MR) is 134 cm³/mol. The summed E-state index contributed by atoms with van der Waals surface area (Å²) in [5.41, 5.74) is 2.06. The van der Waals surface area contributed by atoms with E-state index in [1.165, 1.54) is 13.1 Å². The van der Waals surface area contributed by atoms with Crippen LogP contribution in [0.4, 0.5) is 0 Å². The number of sulfonamides is 1. The van der Waals surface area contributed by atoms with Crippen LogP contribution in [0.3, 0.4) is 0 Å². The maximum Gasteiger partial charge on any atom is 0.240 e. The van der Waals surface area contributed by atoms with Crippen molar-refractivity contribution in [3.05, 3.63) is 66.7 Å². The van der Waals surface area contributed by atoms with E-state index in [0.29, 0.717) is 35.2 Å². The molecule has 2 saturated carbocycles. The summed E-state index contributed by atoms with van der Waals surface area (Å²) in [7, 11) is -6.52. The number of benzene rings is 2. The molecule has 2 N–H and O–H groups in total. The monoisotopic (exact) mass is 487 g/mol. The zero-order valence-electron chi connectivity index (χ0n) is 19.1.